The van der Waals surface area contributed by atoms with Crippen molar-refractivity contribution in [2.24, 2.45) is 0 Å². The summed E-state index contributed by atoms with van der Waals surface area (Å²) in [5.74, 6) is 0.386. The summed E-state index contributed by atoms with van der Waals surface area (Å²) in [6.07, 6.45) is 3.01. The van der Waals surface area contributed by atoms with Crippen LogP contribution < -0.4 is 4.74 Å². The van der Waals surface area contributed by atoms with Crippen molar-refractivity contribution < 1.29 is 14.3 Å². The van der Waals surface area contributed by atoms with Crippen LogP contribution in [-0.4, -0.2) is 18.7 Å². The Bertz CT molecular complexity index is 640. The first-order valence-corrected chi connectivity index (χ1v) is 6.62. The highest BCUT2D eigenvalue weighted by Gasteiger charge is 2.08. The molecule has 2 aromatic carbocycles. The third-order valence-corrected chi connectivity index (χ3v) is 3.01. The van der Waals surface area contributed by atoms with Crippen molar-refractivity contribution in [3.63, 3.8) is 0 Å². The van der Waals surface area contributed by atoms with E-state index in [1.54, 1.807) is 37.5 Å². The minimum atomic E-state index is -0.209. The first kappa shape index (κ1) is 14.7. The van der Waals surface area contributed by atoms with E-state index in [0.717, 1.165) is 11.3 Å². The summed E-state index contributed by atoms with van der Waals surface area (Å²) in [7, 11) is 1.60. The minimum Gasteiger partial charge on any atom is -0.497 e. The van der Waals surface area contributed by atoms with Gasteiger partial charge in [-0.2, -0.15) is 0 Å². The lowest BCUT2D eigenvalue weighted by Crippen LogP contribution is -2.05. The molecule has 106 valence electrons. The summed E-state index contributed by atoms with van der Waals surface area (Å²) >= 11 is 0. The van der Waals surface area contributed by atoms with E-state index in [0.29, 0.717) is 5.56 Å². The summed E-state index contributed by atoms with van der Waals surface area (Å²) in [6, 6.07) is 16.2. The number of rotatable bonds is 6. The largest absolute Gasteiger partial charge is 0.497 e. The van der Waals surface area contributed by atoms with Crippen LogP contribution in [0.3, 0.4) is 0 Å². The number of methoxy groups -OCH3 is 1. The second kappa shape index (κ2) is 7.20. The molecule has 0 fully saturated rings. The molecule has 0 aromatic heterocycles. The Balaban J connectivity index is 1.94. The van der Waals surface area contributed by atoms with Gasteiger partial charge in [-0.05, 0) is 23.8 Å². The fourth-order valence-electron chi connectivity index (χ4n) is 1.85. The zero-order valence-electron chi connectivity index (χ0n) is 11.8. The van der Waals surface area contributed by atoms with E-state index in [1.165, 1.54) is 6.08 Å². The number of allylic oxidation sites excluding steroid dienone is 1. The summed E-state index contributed by atoms with van der Waals surface area (Å²) in [5, 5.41) is 0. The lowest BCUT2D eigenvalue weighted by molar-refractivity contribution is -0.113. The van der Waals surface area contributed by atoms with Crippen LogP contribution in [-0.2, 0) is 4.79 Å². The molecule has 0 aliphatic rings. The SMILES string of the molecule is COc1ccc(/C=C/C(=O)CC(=O)c2ccccc2)cc1. The van der Waals surface area contributed by atoms with Gasteiger partial charge in [-0.3, -0.25) is 9.59 Å². The molecule has 3 heteroatoms. The van der Waals surface area contributed by atoms with Crippen LogP contribution in [0.2, 0.25) is 0 Å². The Morgan fingerprint density at radius 3 is 2.29 bits per heavy atom. The molecule has 2 rings (SSSR count). The van der Waals surface area contributed by atoms with Crippen molar-refractivity contribution in [1.29, 1.82) is 0 Å². The number of hydrogen-bond donors (Lipinski definition) is 0. The molecule has 0 spiro atoms. The number of Topliss-reactive ketones (excluding diaryl/α,β-unsaturated/α-hetero) is 1. The number of benzene rings is 2. The third-order valence-electron chi connectivity index (χ3n) is 3.01. The Kier molecular flexibility index (Phi) is 5.04. The second-order valence-corrected chi connectivity index (χ2v) is 4.54. The van der Waals surface area contributed by atoms with Gasteiger partial charge in [-0.15, -0.1) is 0 Å². The van der Waals surface area contributed by atoms with Crippen molar-refractivity contribution in [1.82, 2.24) is 0 Å². The Morgan fingerprint density at radius 1 is 1.00 bits per heavy atom. The van der Waals surface area contributed by atoms with E-state index in [4.69, 9.17) is 4.74 Å². The number of ether oxygens (including phenoxy) is 1. The molecule has 0 atom stereocenters. The van der Waals surface area contributed by atoms with Crippen LogP contribution in [0.4, 0.5) is 0 Å². The first-order chi connectivity index (χ1) is 10.2. The molecule has 0 aliphatic heterocycles. The Labute approximate surface area is 123 Å². The van der Waals surface area contributed by atoms with E-state index in [-0.39, 0.29) is 18.0 Å². The zero-order valence-corrected chi connectivity index (χ0v) is 11.8. The van der Waals surface area contributed by atoms with Crippen molar-refractivity contribution in [3.8, 4) is 5.75 Å². The lowest BCUT2D eigenvalue weighted by atomic mass is 10.1. The van der Waals surface area contributed by atoms with Gasteiger partial charge in [0.15, 0.2) is 11.6 Å². The van der Waals surface area contributed by atoms with E-state index < -0.39 is 0 Å². The van der Waals surface area contributed by atoms with E-state index >= 15 is 0 Å². The highest BCUT2D eigenvalue weighted by Crippen LogP contribution is 2.12. The second-order valence-electron chi connectivity index (χ2n) is 4.54. The number of carbonyl (C=O) groups excluding carboxylic acids is 2. The molecule has 2 aromatic rings. The van der Waals surface area contributed by atoms with Crippen LogP contribution in [0.5, 0.6) is 5.75 Å². The lowest BCUT2D eigenvalue weighted by Gasteiger charge is -1.99. The zero-order chi connectivity index (χ0) is 15.1. The third kappa shape index (κ3) is 4.42. The number of carbonyl (C=O) groups is 2. The molecule has 3 nitrogen and oxygen atoms in total. The monoisotopic (exact) mass is 280 g/mol. The minimum absolute atomic E-state index is 0.114. The molecular weight excluding hydrogens is 264 g/mol. The van der Waals surface area contributed by atoms with Crippen LogP contribution in [0, 0.1) is 0 Å². The van der Waals surface area contributed by atoms with Gasteiger partial charge in [-0.25, -0.2) is 0 Å². The molecular formula is C18H16O3. The molecule has 0 aliphatic carbocycles. The van der Waals surface area contributed by atoms with Crippen molar-refractivity contribution >= 4 is 17.6 Å². The predicted molar refractivity (Wildman–Crippen MR) is 82.4 cm³/mol. The molecule has 0 bridgehead atoms. The maximum absolute atomic E-state index is 11.9. The highest BCUT2D eigenvalue weighted by molar-refractivity contribution is 6.12. The summed E-state index contributed by atoms with van der Waals surface area (Å²) in [6.45, 7) is 0. The van der Waals surface area contributed by atoms with Crippen LogP contribution in [0.15, 0.2) is 60.7 Å². The summed E-state index contributed by atoms with van der Waals surface area (Å²) < 4.78 is 5.06. The molecule has 21 heavy (non-hydrogen) atoms. The number of ketones is 2. The fraction of sp³-hybridized carbons (Fsp3) is 0.111. The van der Waals surface area contributed by atoms with Gasteiger partial charge in [0, 0.05) is 5.56 Å². The molecule has 0 unspecified atom stereocenters. The van der Waals surface area contributed by atoms with E-state index in [1.807, 2.05) is 30.3 Å². The summed E-state index contributed by atoms with van der Waals surface area (Å²) in [5.41, 5.74) is 1.44. The van der Waals surface area contributed by atoms with Crippen molar-refractivity contribution in [2.75, 3.05) is 7.11 Å². The Hall–Kier alpha value is -2.68. The van der Waals surface area contributed by atoms with Crippen LogP contribution in [0.1, 0.15) is 22.3 Å². The van der Waals surface area contributed by atoms with Crippen molar-refractivity contribution in [3.05, 3.63) is 71.8 Å². The highest BCUT2D eigenvalue weighted by atomic mass is 16.5. The molecule has 0 radical (unpaired) electrons. The van der Waals surface area contributed by atoms with Crippen LogP contribution >= 0.6 is 0 Å². The molecule has 0 saturated carbocycles. The predicted octanol–water partition coefficient (Wildman–Crippen LogP) is 3.55. The smallest absolute Gasteiger partial charge is 0.170 e. The first-order valence-electron chi connectivity index (χ1n) is 6.62. The van der Waals surface area contributed by atoms with Gasteiger partial charge in [0.2, 0.25) is 0 Å². The van der Waals surface area contributed by atoms with Gasteiger partial charge in [0.25, 0.3) is 0 Å². The van der Waals surface area contributed by atoms with Crippen molar-refractivity contribution in [2.45, 2.75) is 6.42 Å². The van der Waals surface area contributed by atoms with E-state index in [9.17, 15) is 9.59 Å². The fourth-order valence-corrected chi connectivity index (χ4v) is 1.85. The standard InChI is InChI=1S/C18H16O3/c1-21-17-11-8-14(9-12-17)7-10-16(19)13-18(20)15-5-3-2-4-6-15/h2-12H,13H2,1H3/b10-7+. The van der Waals surface area contributed by atoms with E-state index in [2.05, 4.69) is 0 Å². The quantitative estimate of drug-likeness (QED) is 0.461. The number of hydrogen-bond acceptors (Lipinski definition) is 3. The molecule has 0 saturated heterocycles. The normalized spacial score (nSPS) is 10.5. The van der Waals surface area contributed by atoms with Gasteiger partial charge in [0.05, 0.1) is 13.5 Å². The molecule has 0 amide bonds. The van der Waals surface area contributed by atoms with Crippen LogP contribution in [0.25, 0.3) is 6.08 Å². The average Bonchev–Trinajstić information content (AvgIpc) is 2.54. The van der Waals surface area contributed by atoms with Gasteiger partial charge in [-0.1, -0.05) is 48.5 Å². The topological polar surface area (TPSA) is 43.4 Å². The van der Waals surface area contributed by atoms with Gasteiger partial charge >= 0.3 is 0 Å². The van der Waals surface area contributed by atoms with Gasteiger partial charge < -0.3 is 4.74 Å². The Morgan fingerprint density at radius 2 is 1.67 bits per heavy atom. The maximum Gasteiger partial charge on any atom is 0.170 e. The van der Waals surface area contributed by atoms with Gasteiger partial charge in [0.1, 0.15) is 5.75 Å². The molecule has 0 N–H and O–H groups in total. The summed E-state index contributed by atoms with van der Waals surface area (Å²) in [4.78, 5) is 23.7. The average molecular weight is 280 g/mol. The molecule has 0 heterocycles. The maximum atomic E-state index is 11.9.